The molecule has 1 fully saturated rings. The minimum atomic E-state index is 0.407. The number of hydrogen-bond donors (Lipinski definition) is 1. The van der Waals surface area contributed by atoms with Crippen LogP contribution in [0.4, 0.5) is 0 Å². The van der Waals surface area contributed by atoms with Crippen molar-refractivity contribution in [2.24, 2.45) is 0 Å². The highest BCUT2D eigenvalue weighted by atomic mass is 16.5. The number of aromatic nitrogens is 1. The lowest BCUT2D eigenvalue weighted by Crippen LogP contribution is -2.25. The topological polar surface area (TPSA) is 34.1 Å². The van der Waals surface area contributed by atoms with Crippen LogP contribution in [-0.2, 0) is 11.3 Å². The number of aryl methyl sites for hydroxylation is 1. The van der Waals surface area contributed by atoms with Crippen LogP contribution in [0.5, 0.6) is 0 Å². The van der Waals surface area contributed by atoms with Crippen LogP contribution in [0.3, 0.4) is 0 Å². The zero-order valence-corrected chi connectivity index (χ0v) is 11.4. The lowest BCUT2D eigenvalue weighted by molar-refractivity contribution is 0.110. The molecule has 2 aromatic rings. The molecule has 0 saturated carbocycles. The summed E-state index contributed by atoms with van der Waals surface area (Å²) in [6.45, 7) is 4.79. The van der Waals surface area contributed by atoms with E-state index in [2.05, 4.69) is 40.6 Å². The standard InChI is InChI=1S/C16H20N2O/c1-12-4-6-14-9-13(5-7-16(14)18-12)10-17-11-15-3-2-8-19-15/h4-7,9,15,17H,2-3,8,10-11H2,1H3. The predicted octanol–water partition coefficient (Wildman–Crippen LogP) is 2.81. The zero-order valence-electron chi connectivity index (χ0n) is 11.4. The molecule has 1 unspecified atom stereocenters. The van der Waals surface area contributed by atoms with Gasteiger partial charge in [-0.3, -0.25) is 4.98 Å². The van der Waals surface area contributed by atoms with Crippen molar-refractivity contribution in [2.75, 3.05) is 13.2 Å². The van der Waals surface area contributed by atoms with Crippen molar-refractivity contribution < 1.29 is 4.74 Å². The maximum absolute atomic E-state index is 5.60. The molecule has 0 spiro atoms. The SMILES string of the molecule is Cc1ccc2cc(CNCC3CCCO3)ccc2n1. The van der Waals surface area contributed by atoms with Crippen molar-refractivity contribution >= 4 is 10.9 Å². The predicted molar refractivity (Wildman–Crippen MR) is 77.2 cm³/mol. The molecular formula is C16H20N2O. The van der Waals surface area contributed by atoms with E-state index in [9.17, 15) is 0 Å². The molecule has 0 bridgehead atoms. The number of benzene rings is 1. The molecule has 1 aromatic carbocycles. The van der Waals surface area contributed by atoms with Crippen LogP contribution in [-0.4, -0.2) is 24.2 Å². The number of hydrogen-bond acceptors (Lipinski definition) is 3. The van der Waals surface area contributed by atoms with E-state index in [1.807, 2.05) is 6.92 Å². The first-order valence-electron chi connectivity index (χ1n) is 7.00. The van der Waals surface area contributed by atoms with E-state index in [0.717, 1.165) is 30.9 Å². The normalized spacial score (nSPS) is 19.1. The van der Waals surface area contributed by atoms with Crippen LogP contribution in [0.2, 0.25) is 0 Å². The molecule has 1 aliphatic rings. The Morgan fingerprint density at radius 3 is 3.11 bits per heavy atom. The van der Waals surface area contributed by atoms with Crippen LogP contribution in [0.25, 0.3) is 10.9 Å². The van der Waals surface area contributed by atoms with Gasteiger partial charge in [-0.15, -0.1) is 0 Å². The second-order valence-corrected chi connectivity index (χ2v) is 5.25. The summed E-state index contributed by atoms with van der Waals surface area (Å²) in [6.07, 6.45) is 2.80. The van der Waals surface area contributed by atoms with Gasteiger partial charge in [0, 0.05) is 30.8 Å². The molecular weight excluding hydrogens is 236 g/mol. The smallest absolute Gasteiger partial charge is 0.0705 e. The molecule has 0 radical (unpaired) electrons. The van der Waals surface area contributed by atoms with Gasteiger partial charge in [-0.25, -0.2) is 0 Å². The van der Waals surface area contributed by atoms with Gasteiger partial charge in [0.15, 0.2) is 0 Å². The van der Waals surface area contributed by atoms with Crippen LogP contribution >= 0.6 is 0 Å². The van der Waals surface area contributed by atoms with Crippen LogP contribution in [0.15, 0.2) is 30.3 Å². The van der Waals surface area contributed by atoms with Crippen molar-refractivity contribution in [3.05, 3.63) is 41.6 Å². The minimum Gasteiger partial charge on any atom is -0.377 e. The number of pyridine rings is 1. The lowest BCUT2D eigenvalue weighted by atomic mass is 10.1. The summed E-state index contributed by atoms with van der Waals surface area (Å²) >= 11 is 0. The highest BCUT2D eigenvalue weighted by Gasteiger charge is 2.14. The average molecular weight is 256 g/mol. The number of nitrogens with zero attached hydrogens (tertiary/aromatic N) is 1. The van der Waals surface area contributed by atoms with Gasteiger partial charge in [0.05, 0.1) is 11.6 Å². The van der Waals surface area contributed by atoms with E-state index in [0.29, 0.717) is 6.10 Å². The molecule has 0 amide bonds. The van der Waals surface area contributed by atoms with E-state index >= 15 is 0 Å². The first-order chi connectivity index (χ1) is 9.31. The number of fused-ring (bicyclic) bond motifs is 1. The third-order valence-corrected chi connectivity index (χ3v) is 3.62. The molecule has 3 nitrogen and oxygen atoms in total. The van der Waals surface area contributed by atoms with E-state index in [1.54, 1.807) is 0 Å². The third kappa shape index (κ3) is 3.11. The van der Waals surface area contributed by atoms with Gasteiger partial charge in [-0.05, 0) is 43.5 Å². The fraction of sp³-hybridized carbons (Fsp3) is 0.438. The van der Waals surface area contributed by atoms with E-state index in [-0.39, 0.29) is 0 Å². The Morgan fingerprint density at radius 2 is 2.26 bits per heavy atom. The monoisotopic (exact) mass is 256 g/mol. The lowest BCUT2D eigenvalue weighted by Gasteiger charge is -2.11. The van der Waals surface area contributed by atoms with Gasteiger partial charge in [0.2, 0.25) is 0 Å². The quantitative estimate of drug-likeness (QED) is 0.913. The summed E-state index contributed by atoms with van der Waals surface area (Å²) in [5, 5.41) is 4.68. The fourth-order valence-corrected chi connectivity index (χ4v) is 2.57. The van der Waals surface area contributed by atoms with E-state index < -0.39 is 0 Å². The van der Waals surface area contributed by atoms with Gasteiger partial charge in [-0.1, -0.05) is 12.1 Å². The van der Waals surface area contributed by atoms with Gasteiger partial charge >= 0.3 is 0 Å². The molecule has 100 valence electrons. The van der Waals surface area contributed by atoms with Crippen molar-refractivity contribution in [1.82, 2.24) is 10.3 Å². The van der Waals surface area contributed by atoms with Crippen LogP contribution in [0, 0.1) is 6.92 Å². The van der Waals surface area contributed by atoms with Gasteiger partial charge in [-0.2, -0.15) is 0 Å². The van der Waals surface area contributed by atoms with Crippen LogP contribution < -0.4 is 5.32 Å². The Kier molecular flexibility index (Phi) is 3.76. The Morgan fingerprint density at radius 1 is 1.32 bits per heavy atom. The molecule has 19 heavy (non-hydrogen) atoms. The largest absolute Gasteiger partial charge is 0.377 e. The fourth-order valence-electron chi connectivity index (χ4n) is 2.57. The summed E-state index contributed by atoms with van der Waals surface area (Å²) in [5.74, 6) is 0. The third-order valence-electron chi connectivity index (χ3n) is 3.62. The van der Waals surface area contributed by atoms with E-state index in [1.165, 1.54) is 23.8 Å². The summed E-state index contributed by atoms with van der Waals surface area (Å²) in [6, 6.07) is 10.7. The Labute approximate surface area is 114 Å². The van der Waals surface area contributed by atoms with Crippen molar-refractivity contribution in [3.63, 3.8) is 0 Å². The summed E-state index contributed by atoms with van der Waals surface area (Å²) in [7, 11) is 0. The van der Waals surface area contributed by atoms with Gasteiger partial charge in [0.1, 0.15) is 0 Å². The minimum absolute atomic E-state index is 0.407. The second kappa shape index (κ2) is 5.68. The molecule has 3 rings (SSSR count). The number of nitrogens with one attached hydrogen (secondary N) is 1. The van der Waals surface area contributed by atoms with E-state index in [4.69, 9.17) is 4.74 Å². The Bertz CT molecular complexity index is 562. The molecule has 3 heteroatoms. The molecule has 1 atom stereocenters. The molecule has 1 aliphatic heterocycles. The molecule has 1 N–H and O–H groups in total. The first kappa shape index (κ1) is 12.6. The van der Waals surface area contributed by atoms with Gasteiger partial charge < -0.3 is 10.1 Å². The summed E-state index contributed by atoms with van der Waals surface area (Å²) in [4.78, 5) is 4.52. The maximum Gasteiger partial charge on any atom is 0.0705 e. The maximum atomic E-state index is 5.60. The average Bonchev–Trinajstić information content (AvgIpc) is 2.92. The van der Waals surface area contributed by atoms with Gasteiger partial charge in [0.25, 0.3) is 0 Å². The molecule has 0 aliphatic carbocycles. The van der Waals surface area contributed by atoms with Crippen molar-refractivity contribution in [2.45, 2.75) is 32.4 Å². The number of rotatable bonds is 4. The van der Waals surface area contributed by atoms with Crippen LogP contribution in [0.1, 0.15) is 24.1 Å². The summed E-state index contributed by atoms with van der Waals surface area (Å²) < 4.78 is 5.60. The highest BCUT2D eigenvalue weighted by Crippen LogP contribution is 2.15. The molecule has 2 heterocycles. The van der Waals surface area contributed by atoms with Crippen molar-refractivity contribution in [1.29, 1.82) is 0 Å². The highest BCUT2D eigenvalue weighted by molar-refractivity contribution is 5.79. The number of ether oxygens (including phenoxy) is 1. The molecule has 1 saturated heterocycles. The Hall–Kier alpha value is -1.45. The summed E-state index contributed by atoms with van der Waals surface area (Å²) in [5.41, 5.74) is 3.44. The Balaban J connectivity index is 1.62. The van der Waals surface area contributed by atoms with Crippen molar-refractivity contribution in [3.8, 4) is 0 Å². The second-order valence-electron chi connectivity index (χ2n) is 5.25. The molecule has 1 aromatic heterocycles. The first-order valence-corrected chi connectivity index (χ1v) is 7.00. The zero-order chi connectivity index (χ0) is 13.1.